The zero-order chi connectivity index (χ0) is 16.4. The number of sulfonamides is 1. The molecule has 6 nitrogen and oxygen atoms in total. The van der Waals surface area contributed by atoms with Gasteiger partial charge in [-0.1, -0.05) is 0 Å². The highest BCUT2D eigenvalue weighted by Crippen LogP contribution is 2.18. The Hall–Kier alpha value is -1.32. The van der Waals surface area contributed by atoms with Crippen molar-refractivity contribution in [1.29, 1.82) is 0 Å². The first-order valence-electron chi connectivity index (χ1n) is 5.96. The fourth-order valence-electron chi connectivity index (χ4n) is 1.76. The summed E-state index contributed by atoms with van der Waals surface area (Å²) in [5.74, 6) is -1.38. The molecule has 1 aromatic carbocycles. The molecule has 0 heterocycles. The van der Waals surface area contributed by atoms with Gasteiger partial charge in [-0.2, -0.15) is 0 Å². The molecule has 1 amide bonds. The number of halogens is 1. The number of nitrogens with one attached hydrogen (secondary N) is 1. The van der Waals surface area contributed by atoms with Crippen molar-refractivity contribution < 1.29 is 21.8 Å². The van der Waals surface area contributed by atoms with E-state index in [-0.39, 0.29) is 16.2 Å². The molecule has 0 radical (unpaired) electrons. The quantitative estimate of drug-likeness (QED) is 0.805. The molecule has 2 unspecified atom stereocenters. The third-order valence-electron chi connectivity index (χ3n) is 2.66. The summed E-state index contributed by atoms with van der Waals surface area (Å²) in [6.07, 6.45) is 1.48. The minimum atomic E-state index is -4.04. The normalized spacial score (nSPS) is 14.5. The van der Waals surface area contributed by atoms with Crippen molar-refractivity contribution >= 4 is 26.7 Å². The Labute approximate surface area is 125 Å². The maximum atomic E-state index is 14.0. The lowest BCUT2D eigenvalue weighted by molar-refractivity contribution is 0.0939. The molecule has 0 saturated heterocycles. The summed E-state index contributed by atoms with van der Waals surface area (Å²) in [4.78, 5) is 11.7. The van der Waals surface area contributed by atoms with Crippen molar-refractivity contribution in [2.45, 2.75) is 24.8 Å². The van der Waals surface area contributed by atoms with E-state index in [4.69, 9.17) is 5.14 Å². The Balaban J connectivity index is 3.15. The number of rotatable bonds is 5. The SMILES string of the molecule is Cc1cc(S(N)(=O)=O)cc(C(=O)NC(C)CS(C)=O)c1F. The number of hydrogen-bond donors (Lipinski definition) is 2. The lowest BCUT2D eigenvalue weighted by Gasteiger charge is -2.14. The number of carbonyl (C=O) groups is 1. The van der Waals surface area contributed by atoms with Gasteiger partial charge >= 0.3 is 0 Å². The third kappa shape index (κ3) is 4.87. The Bertz CT molecular complexity index is 689. The molecule has 9 heteroatoms. The molecule has 2 atom stereocenters. The number of hydrogen-bond acceptors (Lipinski definition) is 4. The van der Waals surface area contributed by atoms with E-state index in [1.807, 2.05) is 0 Å². The second kappa shape index (κ2) is 6.63. The van der Waals surface area contributed by atoms with Crippen molar-refractivity contribution in [3.63, 3.8) is 0 Å². The van der Waals surface area contributed by atoms with Crippen LogP contribution < -0.4 is 10.5 Å². The number of primary sulfonamides is 1. The van der Waals surface area contributed by atoms with E-state index >= 15 is 0 Å². The highest BCUT2D eigenvalue weighted by molar-refractivity contribution is 7.89. The van der Waals surface area contributed by atoms with Crippen molar-refractivity contribution in [3.05, 3.63) is 29.1 Å². The van der Waals surface area contributed by atoms with Gasteiger partial charge in [0.05, 0.1) is 10.5 Å². The molecule has 1 aromatic rings. The minimum absolute atomic E-state index is 0.00149. The Morgan fingerprint density at radius 2 is 2.05 bits per heavy atom. The van der Waals surface area contributed by atoms with Crippen LogP contribution in [0.3, 0.4) is 0 Å². The van der Waals surface area contributed by atoms with Gasteiger partial charge in [0.1, 0.15) is 5.82 Å². The van der Waals surface area contributed by atoms with Crippen molar-refractivity contribution in [2.24, 2.45) is 5.14 Å². The molecule has 0 fully saturated rings. The topological polar surface area (TPSA) is 106 Å². The number of aryl methyl sites for hydroxylation is 1. The molecule has 1 rings (SSSR count). The molecule has 0 saturated carbocycles. The second-order valence-corrected chi connectivity index (χ2v) is 7.80. The zero-order valence-corrected chi connectivity index (χ0v) is 13.5. The lowest BCUT2D eigenvalue weighted by atomic mass is 10.1. The van der Waals surface area contributed by atoms with Crippen LogP contribution in [0.15, 0.2) is 17.0 Å². The van der Waals surface area contributed by atoms with Gasteiger partial charge in [0.15, 0.2) is 0 Å². The minimum Gasteiger partial charge on any atom is -0.349 e. The van der Waals surface area contributed by atoms with Crippen LogP contribution in [0.2, 0.25) is 0 Å². The van der Waals surface area contributed by atoms with Crippen molar-refractivity contribution in [1.82, 2.24) is 5.32 Å². The van der Waals surface area contributed by atoms with Gasteiger partial charge in [-0.3, -0.25) is 9.00 Å². The molecule has 3 N–H and O–H groups in total. The van der Waals surface area contributed by atoms with Crippen molar-refractivity contribution in [3.8, 4) is 0 Å². The molecule has 0 aliphatic heterocycles. The predicted octanol–water partition coefficient (Wildman–Crippen LogP) is 0.278. The number of carbonyl (C=O) groups excluding carboxylic acids is 1. The highest BCUT2D eigenvalue weighted by Gasteiger charge is 2.20. The van der Waals surface area contributed by atoms with E-state index in [0.29, 0.717) is 0 Å². The van der Waals surface area contributed by atoms with E-state index in [9.17, 15) is 21.8 Å². The first-order valence-corrected chi connectivity index (χ1v) is 9.23. The van der Waals surface area contributed by atoms with Crippen LogP contribution in [0.25, 0.3) is 0 Å². The summed E-state index contributed by atoms with van der Waals surface area (Å²) in [5.41, 5.74) is -0.411. The van der Waals surface area contributed by atoms with E-state index in [0.717, 1.165) is 12.1 Å². The van der Waals surface area contributed by atoms with Gasteiger partial charge in [0, 0.05) is 28.9 Å². The highest BCUT2D eigenvalue weighted by atomic mass is 32.2. The first-order chi connectivity index (χ1) is 9.52. The Kier molecular flexibility index (Phi) is 5.60. The average Bonchev–Trinajstić information content (AvgIpc) is 2.29. The molecular weight excluding hydrogens is 319 g/mol. The molecule has 0 aliphatic carbocycles. The molecule has 0 aliphatic rings. The predicted molar refractivity (Wildman–Crippen MR) is 78.4 cm³/mol. The summed E-state index contributed by atoms with van der Waals surface area (Å²) in [7, 11) is -5.16. The van der Waals surface area contributed by atoms with Crippen molar-refractivity contribution in [2.75, 3.05) is 12.0 Å². The standard InChI is InChI=1S/C12H17FN2O4S2/c1-7-4-9(21(14,18)19)5-10(11(7)13)12(16)15-8(2)6-20(3)17/h4-5,8H,6H2,1-3H3,(H,15,16)(H2,14,18,19). The van der Waals surface area contributed by atoms with Crippen LogP contribution in [0, 0.1) is 12.7 Å². The lowest BCUT2D eigenvalue weighted by Crippen LogP contribution is -2.36. The number of benzene rings is 1. The largest absolute Gasteiger partial charge is 0.349 e. The van der Waals surface area contributed by atoms with E-state index in [2.05, 4.69) is 5.32 Å². The second-order valence-electron chi connectivity index (χ2n) is 4.76. The summed E-state index contributed by atoms with van der Waals surface area (Å²) in [5, 5.41) is 7.46. The first kappa shape index (κ1) is 17.7. The summed E-state index contributed by atoms with van der Waals surface area (Å²) < 4.78 is 47.7. The van der Waals surface area contributed by atoms with Gasteiger partial charge in [0.2, 0.25) is 10.0 Å². The fourth-order valence-corrected chi connectivity index (χ4v) is 3.17. The molecule has 118 valence electrons. The van der Waals surface area contributed by atoms with Crippen LogP contribution in [0.5, 0.6) is 0 Å². The van der Waals surface area contributed by atoms with Gasteiger partial charge < -0.3 is 5.32 Å². The van der Waals surface area contributed by atoms with Crippen LogP contribution >= 0.6 is 0 Å². The van der Waals surface area contributed by atoms with Gasteiger partial charge in [-0.25, -0.2) is 17.9 Å². The van der Waals surface area contributed by atoms with Gasteiger partial charge in [0.25, 0.3) is 5.91 Å². The molecule has 21 heavy (non-hydrogen) atoms. The van der Waals surface area contributed by atoms with E-state index < -0.39 is 44.2 Å². The maximum Gasteiger partial charge on any atom is 0.254 e. The Morgan fingerprint density at radius 1 is 1.48 bits per heavy atom. The maximum absolute atomic E-state index is 14.0. The van der Waals surface area contributed by atoms with Crippen LogP contribution in [0.4, 0.5) is 4.39 Å². The molecule has 0 spiro atoms. The molecule has 0 bridgehead atoms. The monoisotopic (exact) mass is 336 g/mol. The van der Waals surface area contributed by atoms with Gasteiger partial charge in [-0.15, -0.1) is 0 Å². The fraction of sp³-hybridized carbons (Fsp3) is 0.417. The average molecular weight is 336 g/mol. The molecule has 0 aromatic heterocycles. The zero-order valence-electron chi connectivity index (χ0n) is 11.8. The van der Waals surface area contributed by atoms with E-state index in [1.54, 1.807) is 6.92 Å². The van der Waals surface area contributed by atoms with Crippen LogP contribution in [-0.4, -0.2) is 36.6 Å². The summed E-state index contributed by atoms with van der Waals surface area (Å²) in [6.45, 7) is 2.96. The third-order valence-corrected chi connectivity index (χ3v) is 4.53. The number of amides is 1. The van der Waals surface area contributed by atoms with Crippen LogP contribution in [-0.2, 0) is 20.8 Å². The van der Waals surface area contributed by atoms with E-state index in [1.165, 1.54) is 13.2 Å². The summed E-state index contributed by atoms with van der Waals surface area (Å²) >= 11 is 0. The summed E-state index contributed by atoms with van der Waals surface area (Å²) in [6, 6.07) is 1.51. The molecular formula is C12H17FN2O4S2. The van der Waals surface area contributed by atoms with Gasteiger partial charge in [-0.05, 0) is 31.5 Å². The number of nitrogens with two attached hydrogens (primary N) is 1. The smallest absolute Gasteiger partial charge is 0.254 e. The van der Waals surface area contributed by atoms with Crippen LogP contribution in [0.1, 0.15) is 22.8 Å². The Morgan fingerprint density at radius 3 is 2.52 bits per heavy atom.